The number of rotatable bonds is 3. The van der Waals surface area contributed by atoms with Crippen molar-refractivity contribution in [2.24, 2.45) is 0 Å². The number of aliphatic hydroxyl groups is 1. The lowest BCUT2D eigenvalue weighted by molar-refractivity contribution is 0.144. The molecule has 1 aliphatic carbocycles. The van der Waals surface area contributed by atoms with E-state index in [2.05, 4.69) is 96.6 Å². The molecule has 1 heterocycles. The summed E-state index contributed by atoms with van der Waals surface area (Å²) in [6, 6.07) is 31.4. The van der Waals surface area contributed by atoms with Crippen molar-refractivity contribution in [2.45, 2.75) is 25.0 Å². The molecule has 0 aromatic heterocycles. The van der Waals surface area contributed by atoms with E-state index in [0.29, 0.717) is 5.56 Å². The van der Waals surface area contributed by atoms with E-state index in [1.807, 2.05) is 45.3 Å². The highest BCUT2D eigenvalue weighted by atomic mass is 16.5. The molecule has 200 valence electrons. The number of hydrogen-bond acceptors (Lipinski definition) is 3. The summed E-state index contributed by atoms with van der Waals surface area (Å²) in [7, 11) is 4.08. The number of fused-ring (bicyclic) bond motifs is 8. The first-order valence-electron chi connectivity index (χ1n) is 13.9. The molecule has 3 heteroatoms. The standard InChI is InChI=1S/C38H31NO2/c1-6-37(40)33-23-25(3)13-19-30(33)34-29-18-12-24(2)22-32(29)36-31(35(34)37)20-21-38(41-36,26-10-8-7-9-11-26)27-14-16-28(17-15-27)39(4)5/h1,7-23,40H,2-5H3. The lowest BCUT2D eigenvalue weighted by Gasteiger charge is -2.38. The van der Waals surface area contributed by atoms with Crippen molar-refractivity contribution in [1.29, 1.82) is 0 Å². The van der Waals surface area contributed by atoms with Crippen LogP contribution in [0.25, 0.3) is 28.0 Å². The molecule has 0 saturated carbocycles. The molecule has 2 unspecified atom stereocenters. The maximum Gasteiger partial charge on any atom is 0.178 e. The van der Waals surface area contributed by atoms with Gasteiger partial charge in [-0.2, -0.15) is 0 Å². The first-order chi connectivity index (χ1) is 19.8. The lowest BCUT2D eigenvalue weighted by Crippen LogP contribution is -2.35. The Labute approximate surface area is 241 Å². The smallest absolute Gasteiger partial charge is 0.178 e. The molecule has 0 saturated heterocycles. The summed E-state index contributed by atoms with van der Waals surface area (Å²) in [6.07, 6.45) is 10.4. The van der Waals surface area contributed by atoms with E-state index in [1.54, 1.807) is 0 Å². The van der Waals surface area contributed by atoms with Crippen LogP contribution in [0.5, 0.6) is 5.75 Å². The molecule has 7 rings (SSSR count). The van der Waals surface area contributed by atoms with Gasteiger partial charge in [0.25, 0.3) is 0 Å². The number of anilines is 1. The average molecular weight is 534 g/mol. The average Bonchev–Trinajstić information content (AvgIpc) is 3.25. The number of hydrogen-bond donors (Lipinski definition) is 1. The minimum atomic E-state index is -1.58. The van der Waals surface area contributed by atoms with E-state index in [9.17, 15) is 5.11 Å². The Balaban J connectivity index is 1.56. The highest BCUT2D eigenvalue weighted by Gasteiger charge is 2.47. The number of terminal acetylenes is 1. The molecular weight excluding hydrogens is 502 g/mol. The third-order valence-corrected chi connectivity index (χ3v) is 8.62. The Bertz CT molecular complexity index is 1930. The molecule has 0 bridgehead atoms. The largest absolute Gasteiger partial charge is 0.472 e. The van der Waals surface area contributed by atoms with Gasteiger partial charge in [-0.1, -0.05) is 95.9 Å². The van der Waals surface area contributed by atoms with E-state index >= 15 is 0 Å². The van der Waals surface area contributed by atoms with Crippen LogP contribution in [0.15, 0.2) is 97.1 Å². The van der Waals surface area contributed by atoms with Gasteiger partial charge in [-0.25, -0.2) is 0 Å². The van der Waals surface area contributed by atoms with Crippen LogP contribution in [0.2, 0.25) is 0 Å². The van der Waals surface area contributed by atoms with Crippen molar-refractivity contribution in [3.8, 4) is 29.2 Å². The summed E-state index contributed by atoms with van der Waals surface area (Å²) >= 11 is 0. The highest BCUT2D eigenvalue weighted by molar-refractivity contribution is 6.09. The van der Waals surface area contributed by atoms with Crippen molar-refractivity contribution in [2.75, 3.05) is 19.0 Å². The minimum absolute atomic E-state index is 0.716. The van der Waals surface area contributed by atoms with Crippen LogP contribution in [0.3, 0.4) is 0 Å². The number of benzene rings is 5. The molecule has 41 heavy (non-hydrogen) atoms. The van der Waals surface area contributed by atoms with Crippen molar-refractivity contribution >= 4 is 22.5 Å². The van der Waals surface area contributed by atoms with Crippen LogP contribution < -0.4 is 9.64 Å². The molecular formula is C38H31NO2. The van der Waals surface area contributed by atoms with Crippen molar-refractivity contribution in [3.05, 3.63) is 136 Å². The van der Waals surface area contributed by atoms with E-state index in [1.165, 1.54) is 0 Å². The molecule has 0 spiro atoms. The Morgan fingerprint density at radius 3 is 2.20 bits per heavy atom. The van der Waals surface area contributed by atoms with Gasteiger partial charge in [-0.15, -0.1) is 6.42 Å². The quantitative estimate of drug-likeness (QED) is 0.241. The zero-order chi connectivity index (χ0) is 28.5. The van der Waals surface area contributed by atoms with Gasteiger partial charge in [0.05, 0.1) is 0 Å². The molecule has 0 amide bonds. The summed E-state index contributed by atoms with van der Waals surface area (Å²) in [5, 5.41) is 14.2. The fourth-order valence-corrected chi connectivity index (χ4v) is 6.54. The molecule has 1 N–H and O–H groups in total. The molecule has 0 radical (unpaired) electrons. The van der Waals surface area contributed by atoms with Gasteiger partial charge in [-0.05, 0) is 54.6 Å². The van der Waals surface area contributed by atoms with E-state index in [-0.39, 0.29) is 0 Å². The van der Waals surface area contributed by atoms with Crippen molar-refractivity contribution in [1.82, 2.24) is 0 Å². The van der Waals surface area contributed by atoms with Crippen molar-refractivity contribution < 1.29 is 9.84 Å². The molecule has 0 fully saturated rings. The molecule has 2 aliphatic rings. The Hall–Kier alpha value is -4.78. The Kier molecular flexibility index (Phi) is 5.45. The number of aryl methyl sites for hydroxylation is 2. The van der Waals surface area contributed by atoms with Crippen LogP contribution in [0.1, 0.15) is 38.9 Å². The van der Waals surface area contributed by atoms with Crippen LogP contribution in [-0.4, -0.2) is 19.2 Å². The normalized spacial score (nSPS) is 20.1. The summed E-state index contributed by atoms with van der Waals surface area (Å²) in [6.45, 7) is 4.12. The predicted octanol–water partition coefficient (Wildman–Crippen LogP) is 7.72. The second-order valence-electron chi connectivity index (χ2n) is 11.4. The van der Waals surface area contributed by atoms with Gasteiger partial charge in [-0.3, -0.25) is 0 Å². The lowest BCUT2D eigenvalue weighted by atomic mass is 9.80. The molecule has 3 nitrogen and oxygen atoms in total. The van der Waals surface area contributed by atoms with Crippen LogP contribution in [0, 0.1) is 26.2 Å². The SMILES string of the molecule is C#CC1(O)c2cc(C)ccc2-c2c1c1c(c3cc(C)ccc23)OC(c2ccccc2)(c2ccc(N(C)C)cc2)C=C1. The third kappa shape index (κ3) is 3.51. The van der Waals surface area contributed by atoms with Gasteiger partial charge >= 0.3 is 0 Å². The van der Waals surface area contributed by atoms with Gasteiger partial charge in [0.1, 0.15) is 5.75 Å². The third-order valence-electron chi connectivity index (χ3n) is 8.62. The second-order valence-corrected chi connectivity index (χ2v) is 11.4. The Morgan fingerprint density at radius 1 is 0.805 bits per heavy atom. The van der Waals surface area contributed by atoms with Crippen LogP contribution in [0.4, 0.5) is 5.69 Å². The van der Waals surface area contributed by atoms with E-state index in [0.717, 1.165) is 66.7 Å². The van der Waals surface area contributed by atoms with Crippen molar-refractivity contribution in [3.63, 3.8) is 0 Å². The fourth-order valence-electron chi connectivity index (χ4n) is 6.54. The fraction of sp³-hybridized carbons (Fsp3) is 0.158. The number of ether oxygens (including phenoxy) is 1. The Morgan fingerprint density at radius 2 is 1.49 bits per heavy atom. The highest BCUT2D eigenvalue weighted by Crippen LogP contribution is 2.57. The first kappa shape index (κ1) is 25.2. The zero-order valence-electron chi connectivity index (χ0n) is 23.7. The summed E-state index contributed by atoms with van der Waals surface area (Å²) in [5.41, 5.74) is 7.12. The molecule has 5 aromatic rings. The summed E-state index contributed by atoms with van der Waals surface area (Å²) in [5.74, 6) is 3.49. The van der Waals surface area contributed by atoms with E-state index in [4.69, 9.17) is 11.2 Å². The monoisotopic (exact) mass is 533 g/mol. The molecule has 2 atom stereocenters. The molecule has 1 aliphatic heterocycles. The minimum Gasteiger partial charge on any atom is -0.472 e. The van der Waals surface area contributed by atoms with Gasteiger partial charge < -0.3 is 14.7 Å². The van der Waals surface area contributed by atoms with Crippen LogP contribution >= 0.6 is 0 Å². The summed E-state index contributed by atoms with van der Waals surface area (Å²) in [4.78, 5) is 2.09. The molecule has 5 aromatic carbocycles. The maximum absolute atomic E-state index is 12.2. The van der Waals surface area contributed by atoms with Gasteiger partial charge in [0.2, 0.25) is 0 Å². The van der Waals surface area contributed by atoms with Gasteiger partial charge in [0, 0.05) is 53.0 Å². The maximum atomic E-state index is 12.2. The second kappa shape index (κ2) is 8.86. The topological polar surface area (TPSA) is 32.7 Å². The first-order valence-corrected chi connectivity index (χ1v) is 13.9. The van der Waals surface area contributed by atoms with E-state index < -0.39 is 11.2 Å². The zero-order valence-corrected chi connectivity index (χ0v) is 23.7. The van der Waals surface area contributed by atoms with Gasteiger partial charge in [0.15, 0.2) is 11.2 Å². The van der Waals surface area contributed by atoms with Crippen LogP contribution in [-0.2, 0) is 11.2 Å². The summed E-state index contributed by atoms with van der Waals surface area (Å²) < 4.78 is 7.27. The number of nitrogens with zero attached hydrogens (tertiary/aromatic N) is 1. The predicted molar refractivity (Wildman–Crippen MR) is 168 cm³/mol.